The van der Waals surface area contributed by atoms with E-state index in [0.717, 1.165) is 17.4 Å². The number of aliphatic carboxylic acids is 1. The van der Waals surface area contributed by atoms with Gasteiger partial charge in [-0.1, -0.05) is 24.3 Å². The van der Waals surface area contributed by atoms with E-state index in [1.54, 1.807) is 11.3 Å². The van der Waals surface area contributed by atoms with Crippen molar-refractivity contribution in [2.24, 2.45) is 0 Å². The van der Waals surface area contributed by atoms with Crippen LogP contribution in [0.1, 0.15) is 23.2 Å². The molecule has 1 aromatic heterocycles. The lowest BCUT2D eigenvalue weighted by atomic mass is 10.1. The topological polar surface area (TPSA) is 53.4 Å². The lowest BCUT2D eigenvalue weighted by Crippen LogP contribution is -2.16. The van der Waals surface area contributed by atoms with Crippen LogP contribution in [-0.4, -0.2) is 23.1 Å². The summed E-state index contributed by atoms with van der Waals surface area (Å²) in [6, 6.07) is 8.29. The fourth-order valence-electron chi connectivity index (χ4n) is 1.93. The number of hydrogen-bond donors (Lipinski definition) is 1. The summed E-state index contributed by atoms with van der Waals surface area (Å²) in [7, 11) is 2.01. The van der Waals surface area contributed by atoms with Crippen molar-refractivity contribution in [1.82, 2.24) is 4.98 Å². The van der Waals surface area contributed by atoms with Crippen LogP contribution in [0.2, 0.25) is 0 Å². The van der Waals surface area contributed by atoms with Gasteiger partial charge in [0.25, 0.3) is 0 Å². The Bertz CT molecular complexity index is 595. The molecule has 0 aliphatic carbocycles. The molecule has 0 atom stereocenters. The fourth-order valence-corrected chi connectivity index (χ4v) is 2.76. The number of benzene rings is 1. The van der Waals surface area contributed by atoms with E-state index in [0.29, 0.717) is 6.42 Å². The van der Waals surface area contributed by atoms with Gasteiger partial charge in [0.15, 0.2) is 5.13 Å². The van der Waals surface area contributed by atoms with Crippen LogP contribution in [0.5, 0.6) is 0 Å². The zero-order valence-electron chi connectivity index (χ0n) is 11.7. The first-order valence-corrected chi connectivity index (χ1v) is 7.36. The SMILES string of the molecule is Cc1ccccc1CN(C)c1nc(CCC(=O)O)cs1. The van der Waals surface area contributed by atoms with Crippen LogP contribution in [-0.2, 0) is 17.8 Å². The molecule has 0 bridgehead atoms. The number of thiazole rings is 1. The number of hydrogen-bond acceptors (Lipinski definition) is 4. The van der Waals surface area contributed by atoms with E-state index < -0.39 is 5.97 Å². The van der Waals surface area contributed by atoms with Crippen LogP contribution in [0, 0.1) is 6.92 Å². The molecule has 0 amide bonds. The molecule has 0 fully saturated rings. The molecule has 0 saturated carbocycles. The second-order valence-electron chi connectivity index (χ2n) is 4.80. The molecule has 1 heterocycles. The maximum absolute atomic E-state index is 10.6. The minimum Gasteiger partial charge on any atom is -0.481 e. The van der Waals surface area contributed by atoms with Crippen LogP contribution in [0.3, 0.4) is 0 Å². The Labute approximate surface area is 122 Å². The standard InChI is InChI=1S/C15H18N2O2S/c1-11-5-3-4-6-12(11)9-17(2)15-16-13(10-20-15)7-8-14(18)19/h3-6,10H,7-9H2,1-2H3,(H,18,19). The third kappa shape index (κ3) is 3.81. The van der Waals surface area contributed by atoms with Gasteiger partial charge >= 0.3 is 5.97 Å². The summed E-state index contributed by atoms with van der Waals surface area (Å²) < 4.78 is 0. The summed E-state index contributed by atoms with van der Waals surface area (Å²) in [4.78, 5) is 17.1. The lowest BCUT2D eigenvalue weighted by molar-refractivity contribution is -0.136. The largest absolute Gasteiger partial charge is 0.481 e. The van der Waals surface area contributed by atoms with Gasteiger partial charge in [-0.05, 0) is 18.1 Å². The first-order valence-electron chi connectivity index (χ1n) is 6.48. The van der Waals surface area contributed by atoms with E-state index in [4.69, 9.17) is 5.11 Å². The Morgan fingerprint density at radius 1 is 1.40 bits per heavy atom. The van der Waals surface area contributed by atoms with Crippen molar-refractivity contribution >= 4 is 22.4 Å². The van der Waals surface area contributed by atoms with Crippen molar-refractivity contribution in [1.29, 1.82) is 0 Å². The summed E-state index contributed by atoms with van der Waals surface area (Å²) in [5.74, 6) is -0.784. The minimum atomic E-state index is -0.784. The Morgan fingerprint density at radius 3 is 2.85 bits per heavy atom. The van der Waals surface area contributed by atoms with Gasteiger partial charge in [-0.25, -0.2) is 4.98 Å². The fraction of sp³-hybridized carbons (Fsp3) is 0.333. The van der Waals surface area contributed by atoms with Gasteiger partial charge in [-0.3, -0.25) is 4.79 Å². The van der Waals surface area contributed by atoms with Gasteiger partial charge in [-0.15, -0.1) is 11.3 Å². The minimum absolute atomic E-state index is 0.130. The van der Waals surface area contributed by atoms with Crippen molar-refractivity contribution in [2.45, 2.75) is 26.3 Å². The number of rotatable bonds is 6. The number of carboxylic acid groups (broad SMARTS) is 1. The van der Waals surface area contributed by atoms with Gasteiger partial charge in [0.2, 0.25) is 0 Å². The summed E-state index contributed by atoms with van der Waals surface area (Å²) in [5.41, 5.74) is 3.39. The second-order valence-corrected chi connectivity index (χ2v) is 5.63. The number of carboxylic acids is 1. The highest BCUT2D eigenvalue weighted by molar-refractivity contribution is 7.13. The van der Waals surface area contributed by atoms with Crippen molar-refractivity contribution < 1.29 is 9.90 Å². The van der Waals surface area contributed by atoms with E-state index in [-0.39, 0.29) is 6.42 Å². The smallest absolute Gasteiger partial charge is 0.303 e. The molecule has 0 saturated heterocycles. The highest BCUT2D eigenvalue weighted by atomic mass is 32.1. The molecule has 20 heavy (non-hydrogen) atoms. The molecular weight excluding hydrogens is 272 g/mol. The number of aromatic nitrogens is 1. The highest BCUT2D eigenvalue weighted by Crippen LogP contribution is 2.22. The van der Waals surface area contributed by atoms with Gasteiger partial charge in [0, 0.05) is 25.4 Å². The summed E-state index contributed by atoms with van der Waals surface area (Å²) in [6.45, 7) is 2.90. The average Bonchev–Trinajstić information content (AvgIpc) is 2.88. The molecule has 106 valence electrons. The Morgan fingerprint density at radius 2 is 2.15 bits per heavy atom. The van der Waals surface area contributed by atoms with E-state index in [2.05, 4.69) is 28.9 Å². The van der Waals surface area contributed by atoms with Gasteiger partial charge in [0.1, 0.15) is 0 Å². The van der Waals surface area contributed by atoms with Crippen LogP contribution in [0.15, 0.2) is 29.6 Å². The van der Waals surface area contributed by atoms with Crippen molar-refractivity contribution in [2.75, 3.05) is 11.9 Å². The molecule has 0 aliphatic heterocycles. The first kappa shape index (κ1) is 14.5. The number of aryl methyl sites for hydroxylation is 2. The average molecular weight is 290 g/mol. The zero-order chi connectivity index (χ0) is 14.5. The monoisotopic (exact) mass is 290 g/mol. The van der Waals surface area contributed by atoms with Gasteiger partial charge in [-0.2, -0.15) is 0 Å². The quantitative estimate of drug-likeness (QED) is 0.888. The highest BCUT2D eigenvalue weighted by Gasteiger charge is 2.09. The third-order valence-corrected chi connectivity index (χ3v) is 4.13. The number of anilines is 1. The van der Waals surface area contributed by atoms with Crippen molar-refractivity contribution in [3.8, 4) is 0 Å². The van der Waals surface area contributed by atoms with Crippen LogP contribution in [0.4, 0.5) is 5.13 Å². The summed E-state index contributed by atoms with van der Waals surface area (Å²) >= 11 is 1.56. The van der Waals surface area contributed by atoms with Crippen LogP contribution >= 0.6 is 11.3 Å². The summed E-state index contributed by atoms with van der Waals surface area (Å²) in [6.07, 6.45) is 0.620. The predicted octanol–water partition coefficient (Wildman–Crippen LogP) is 3.11. The molecule has 0 radical (unpaired) electrons. The Kier molecular flexibility index (Phi) is 4.74. The molecule has 4 nitrogen and oxygen atoms in total. The normalized spacial score (nSPS) is 10.5. The van der Waals surface area contributed by atoms with E-state index >= 15 is 0 Å². The van der Waals surface area contributed by atoms with E-state index in [9.17, 15) is 4.79 Å². The first-order chi connectivity index (χ1) is 9.56. The van der Waals surface area contributed by atoms with E-state index in [1.165, 1.54) is 11.1 Å². The molecule has 2 aromatic rings. The summed E-state index contributed by atoms with van der Waals surface area (Å²) in [5, 5.41) is 11.5. The molecule has 0 aliphatic rings. The number of nitrogens with zero attached hydrogens (tertiary/aromatic N) is 2. The molecule has 1 aromatic carbocycles. The molecule has 1 N–H and O–H groups in total. The van der Waals surface area contributed by atoms with Crippen molar-refractivity contribution in [3.05, 3.63) is 46.5 Å². The third-order valence-electron chi connectivity index (χ3n) is 3.13. The maximum atomic E-state index is 10.6. The second kappa shape index (κ2) is 6.52. The van der Waals surface area contributed by atoms with Crippen LogP contribution < -0.4 is 4.90 Å². The predicted molar refractivity (Wildman–Crippen MR) is 81.4 cm³/mol. The van der Waals surface area contributed by atoms with Gasteiger partial charge < -0.3 is 10.0 Å². The molecule has 5 heteroatoms. The zero-order valence-corrected chi connectivity index (χ0v) is 12.5. The molecule has 0 unspecified atom stereocenters. The maximum Gasteiger partial charge on any atom is 0.303 e. The van der Waals surface area contributed by atoms with Gasteiger partial charge in [0.05, 0.1) is 12.1 Å². The Hall–Kier alpha value is -1.88. The van der Waals surface area contributed by atoms with E-state index in [1.807, 2.05) is 24.6 Å². The van der Waals surface area contributed by atoms with Crippen LogP contribution in [0.25, 0.3) is 0 Å². The lowest BCUT2D eigenvalue weighted by Gasteiger charge is -2.17. The Balaban J connectivity index is 2.01. The molecular formula is C15H18N2O2S. The van der Waals surface area contributed by atoms with Crippen molar-refractivity contribution in [3.63, 3.8) is 0 Å². The number of carbonyl (C=O) groups is 1. The molecule has 2 rings (SSSR count). The molecule has 0 spiro atoms.